The van der Waals surface area contributed by atoms with Crippen molar-refractivity contribution in [3.8, 4) is 0 Å². The fourth-order valence-corrected chi connectivity index (χ4v) is 2.29. The smallest absolute Gasteiger partial charge is 0.113 e. The minimum absolute atomic E-state index is 0.288. The third-order valence-corrected chi connectivity index (χ3v) is 3.22. The zero-order chi connectivity index (χ0) is 11.7. The van der Waals surface area contributed by atoms with Gasteiger partial charge in [-0.2, -0.15) is 0 Å². The summed E-state index contributed by atoms with van der Waals surface area (Å²) < 4.78 is 0. The summed E-state index contributed by atoms with van der Waals surface area (Å²) in [6.07, 6.45) is 3.67. The molecule has 0 radical (unpaired) electrons. The molecule has 0 amide bonds. The minimum atomic E-state index is 0.288. The largest absolute Gasteiger partial charge is 0.348 e. The van der Waals surface area contributed by atoms with Crippen LogP contribution in [-0.4, -0.2) is 9.97 Å². The number of nitrogens with one attached hydrogen (secondary N) is 1. The predicted molar refractivity (Wildman–Crippen MR) is 70.1 cm³/mol. The highest BCUT2D eigenvalue weighted by Crippen LogP contribution is 2.28. The minimum Gasteiger partial charge on any atom is -0.348 e. The number of rotatable bonds is 2. The van der Waals surface area contributed by atoms with Crippen molar-refractivity contribution in [3.63, 3.8) is 0 Å². The molecule has 0 aliphatic carbocycles. The van der Waals surface area contributed by atoms with E-state index in [4.69, 9.17) is 0 Å². The monoisotopic (exact) mass is 222 g/mol. The second-order valence-corrected chi connectivity index (χ2v) is 4.26. The van der Waals surface area contributed by atoms with Crippen molar-refractivity contribution in [2.45, 2.75) is 12.8 Å². The number of hydrogen-bond acceptors (Lipinski definition) is 1. The highest BCUT2D eigenvalue weighted by Gasteiger charge is 2.12. The van der Waals surface area contributed by atoms with Crippen molar-refractivity contribution in [1.29, 1.82) is 0 Å². The standard InChI is InChI=1S/C15H14N2/c1-11(15-16-9-10-17-15)13-8-4-6-12-5-2-3-7-14(12)13/h2-11H,1H3,(H,16,17). The maximum Gasteiger partial charge on any atom is 0.113 e. The molecular formula is C15H14N2. The van der Waals surface area contributed by atoms with Crippen LogP contribution in [-0.2, 0) is 0 Å². The molecule has 0 fully saturated rings. The van der Waals surface area contributed by atoms with Crippen LogP contribution in [0.5, 0.6) is 0 Å². The molecule has 0 aliphatic rings. The Kier molecular flexibility index (Phi) is 2.41. The molecule has 17 heavy (non-hydrogen) atoms. The van der Waals surface area contributed by atoms with Crippen LogP contribution in [0, 0.1) is 0 Å². The van der Waals surface area contributed by atoms with Gasteiger partial charge in [0.25, 0.3) is 0 Å². The van der Waals surface area contributed by atoms with Crippen molar-refractivity contribution in [3.05, 3.63) is 66.2 Å². The Morgan fingerprint density at radius 3 is 2.71 bits per heavy atom. The lowest BCUT2D eigenvalue weighted by atomic mass is 9.94. The summed E-state index contributed by atoms with van der Waals surface area (Å²) in [6.45, 7) is 2.18. The molecule has 1 N–H and O–H groups in total. The van der Waals surface area contributed by atoms with E-state index in [0.717, 1.165) is 5.82 Å². The Morgan fingerprint density at radius 2 is 1.88 bits per heavy atom. The van der Waals surface area contributed by atoms with E-state index in [1.54, 1.807) is 6.20 Å². The quantitative estimate of drug-likeness (QED) is 0.703. The van der Waals surface area contributed by atoms with Gasteiger partial charge in [0, 0.05) is 18.3 Å². The first-order valence-corrected chi connectivity index (χ1v) is 5.83. The highest BCUT2D eigenvalue weighted by molar-refractivity contribution is 5.86. The van der Waals surface area contributed by atoms with Gasteiger partial charge in [-0.25, -0.2) is 4.98 Å². The molecule has 2 nitrogen and oxygen atoms in total. The normalized spacial score (nSPS) is 12.8. The Hall–Kier alpha value is -2.09. The molecule has 2 aromatic carbocycles. The molecule has 1 unspecified atom stereocenters. The second-order valence-electron chi connectivity index (χ2n) is 4.26. The molecule has 0 bridgehead atoms. The molecule has 3 aromatic rings. The summed E-state index contributed by atoms with van der Waals surface area (Å²) in [4.78, 5) is 7.53. The van der Waals surface area contributed by atoms with Crippen LogP contribution >= 0.6 is 0 Å². The summed E-state index contributed by atoms with van der Waals surface area (Å²) in [6, 6.07) is 14.9. The van der Waals surface area contributed by atoms with Gasteiger partial charge in [-0.05, 0) is 16.3 Å². The number of hydrogen-bond donors (Lipinski definition) is 1. The van der Waals surface area contributed by atoms with Crippen LogP contribution < -0.4 is 0 Å². The van der Waals surface area contributed by atoms with Crippen LogP contribution in [0.4, 0.5) is 0 Å². The van der Waals surface area contributed by atoms with Gasteiger partial charge in [0.1, 0.15) is 5.82 Å². The Bertz CT molecular complexity index is 621. The van der Waals surface area contributed by atoms with Gasteiger partial charge in [-0.15, -0.1) is 0 Å². The van der Waals surface area contributed by atoms with Gasteiger partial charge in [0.2, 0.25) is 0 Å². The second kappa shape index (κ2) is 4.06. The molecule has 2 heteroatoms. The molecule has 84 valence electrons. The lowest BCUT2D eigenvalue weighted by Gasteiger charge is -2.12. The SMILES string of the molecule is CC(c1ncc[nH]1)c1cccc2ccccc12. The van der Waals surface area contributed by atoms with Crippen molar-refractivity contribution in [1.82, 2.24) is 9.97 Å². The van der Waals surface area contributed by atoms with Crippen LogP contribution in [0.25, 0.3) is 10.8 Å². The van der Waals surface area contributed by atoms with E-state index in [1.807, 2.05) is 6.20 Å². The van der Waals surface area contributed by atoms with Gasteiger partial charge < -0.3 is 4.98 Å². The summed E-state index contributed by atoms with van der Waals surface area (Å²) >= 11 is 0. The first kappa shape index (κ1) is 10.1. The third kappa shape index (κ3) is 1.72. The molecule has 1 atom stereocenters. The summed E-state index contributed by atoms with van der Waals surface area (Å²) in [5.41, 5.74) is 1.32. The highest BCUT2D eigenvalue weighted by atomic mass is 14.9. The lowest BCUT2D eigenvalue weighted by molar-refractivity contribution is 0.847. The van der Waals surface area contributed by atoms with Crippen LogP contribution in [0.3, 0.4) is 0 Å². The fraction of sp³-hybridized carbons (Fsp3) is 0.133. The maximum atomic E-state index is 4.34. The van der Waals surface area contributed by atoms with Gasteiger partial charge in [-0.1, -0.05) is 49.4 Å². The Balaban J connectivity index is 2.17. The van der Waals surface area contributed by atoms with Crippen LogP contribution in [0.2, 0.25) is 0 Å². The van der Waals surface area contributed by atoms with Crippen molar-refractivity contribution in [2.75, 3.05) is 0 Å². The van der Waals surface area contributed by atoms with Crippen molar-refractivity contribution in [2.24, 2.45) is 0 Å². The summed E-state index contributed by atoms with van der Waals surface area (Å²) in [5.74, 6) is 1.30. The first-order valence-electron chi connectivity index (χ1n) is 5.83. The molecule has 1 heterocycles. The van der Waals surface area contributed by atoms with Crippen molar-refractivity contribution < 1.29 is 0 Å². The lowest BCUT2D eigenvalue weighted by Crippen LogP contribution is -1.99. The molecule has 0 aliphatic heterocycles. The average molecular weight is 222 g/mol. The number of aromatic nitrogens is 2. The number of benzene rings is 2. The van der Waals surface area contributed by atoms with Crippen LogP contribution in [0.1, 0.15) is 24.2 Å². The topological polar surface area (TPSA) is 28.7 Å². The van der Waals surface area contributed by atoms with E-state index in [-0.39, 0.29) is 5.92 Å². The summed E-state index contributed by atoms with van der Waals surface area (Å²) in [7, 11) is 0. The number of imidazole rings is 1. The average Bonchev–Trinajstić information content (AvgIpc) is 2.91. The Morgan fingerprint density at radius 1 is 1.06 bits per heavy atom. The van der Waals surface area contributed by atoms with Gasteiger partial charge in [-0.3, -0.25) is 0 Å². The van der Waals surface area contributed by atoms with E-state index in [1.165, 1.54) is 16.3 Å². The molecule has 1 aromatic heterocycles. The van der Waals surface area contributed by atoms with Crippen molar-refractivity contribution >= 4 is 10.8 Å². The summed E-state index contributed by atoms with van der Waals surface area (Å²) in [5, 5.41) is 2.59. The Labute approximate surface area is 100 Å². The number of fused-ring (bicyclic) bond motifs is 1. The number of aromatic amines is 1. The van der Waals surface area contributed by atoms with E-state index in [2.05, 4.69) is 59.4 Å². The van der Waals surface area contributed by atoms with Gasteiger partial charge in [0.15, 0.2) is 0 Å². The molecule has 3 rings (SSSR count). The molecule has 0 saturated heterocycles. The zero-order valence-corrected chi connectivity index (χ0v) is 9.72. The molecule has 0 saturated carbocycles. The van der Waals surface area contributed by atoms with E-state index in [0.29, 0.717) is 0 Å². The zero-order valence-electron chi connectivity index (χ0n) is 9.72. The van der Waals surface area contributed by atoms with E-state index < -0.39 is 0 Å². The van der Waals surface area contributed by atoms with E-state index in [9.17, 15) is 0 Å². The number of H-pyrrole nitrogens is 1. The molecular weight excluding hydrogens is 208 g/mol. The fourth-order valence-electron chi connectivity index (χ4n) is 2.29. The maximum absolute atomic E-state index is 4.34. The first-order chi connectivity index (χ1) is 8.36. The third-order valence-electron chi connectivity index (χ3n) is 3.22. The van der Waals surface area contributed by atoms with E-state index >= 15 is 0 Å². The molecule has 0 spiro atoms. The number of nitrogens with zero attached hydrogens (tertiary/aromatic N) is 1. The van der Waals surface area contributed by atoms with Gasteiger partial charge >= 0.3 is 0 Å². The van der Waals surface area contributed by atoms with Crippen LogP contribution in [0.15, 0.2) is 54.9 Å². The predicted octanol–water partition coefficient (Wildman–Crippen LogP) is 3.71. The van der Waals surface area contributed by atoms with Gasteiger partial charge in [0.05, 0.1) is 0 Å².